The van der Waals surface area contributed by atoms with Gasteiger partial charge in [0.1, 0.15) is 6.54 Å². The van der Waals surface area contributed by atoms with Crippen LogP contribution in [0.25, 0.3) is 0 Å². The summed E-state index contributed by atoms with van der Waals surface area (Å²) in [6.07, 6.45) is -2.35. The zero-order chi connectivity index (χ0) is 17.7. The first-order valence-corrected chi connectivity index (χ1v) is 7.69. The van der Waals surface area contributed by atoms with E-state index in [1.54, 1.807) is 12.1 Å². The first kappa shape index (κ1) is 18.1. The fourth-order valence-corrected chi connectivity index (χ4v) is 2.83. The van der Waals surface area contributed by atoms with Crippen molar-refractivity contribution >= 4 is 23.3 Å². The van der Waals surface area contributed by atoms with Gasteiger partial charge >= 0.3 is 12.1 Å². The standard InChI is InChI=1S/C16H19F3N2O3/c17-16(18,19)9-20-12-6-1-2-7-13(12)21-14(22)10-4-3-5-11(8-10)15(23)24/h1-2,6-7,10-11,20H,3-5,8-9H2,(H,21,22)(H,23,24). The van der Waals surface area contributed by atoms with E-state index < -0.39 is 30.5 Å². The highest BCUT2D eigenvalue weighted by atomic mass is 19.4. The number of hydrogen-bond donors (Lipinski definition) is 3. The molecule has 2 unspecified atom stereocenters. The van der Waals surface area contributed by atoms with Gasteiger partial charge in [0, 0.05) is 5.92 Å². The van der Waals surface area contributed by atoms with E-state index in [1.807, 2.05) is 0 Å². The molecular weight excluding hydrogens is 325 g/mol. The first-order chi connectivity index (χ1) is 11.3. The Bertz CT molecular complexity index is 604. The van der Waals surface area contributed by atoms with Gasteiger partial charge in [-0.05, 0) is 31.4 Å². The Labute approximate surface area is 137 Å². The van der Waals surface area contributed by atoms with E-state index in [4.69, 9.17) is 5.11 Å². The van der Waals surface area contributed by atoms with Gasteiger partial charge in [0.25, 0.3) is 0 Å². The maximum atomic E-state index is 12.3. The summed E-state index contributed by atoms with van der Waals surface area (Å²) in [6.45, 7) is -1.20. The van der Waals surface area contributed by atoms with Gasteiger partial charge in [0.05, 0.1) is 17.3 Å². The van der Waals surface area contributed by atoms with E-state index in [2.05, 4.69) is 10.6 Å². The SMILES string of the molecule is O=C(O)C1CCCC(C(=O)Nc2ccccc2NCC(F)(F)F)C1. The predicted molar refractivity (Wildman–Crippen MR) is 82.7 cm³/mol. The van der Waals surface area contributed by atoms with E-state index in [-0.39, 0.29) is 23.7 Å². The van der Waals surface area contributed by atoms with Gasteiger partial charge in [-0.15, -0.1) is 0 Å². The van der Waals surface area contributed by atoms with Crippen LogP contribution >= 0.6 is 0 Å². The number of carbonyl (C=O) groups excluding carboxylic acids is 1. The predicted octanol–water partition coefficient (Wildman–Crippen LogP) is 3.49. The number of carboxylic acids is 1. The molecule has 0 aliphatic heterocycles. The minimum Gasteiger partial charge on any atom is -0.481 e. The number of benzene rings is 1. The molecule has 0 radical (unpaired) electrons. The van der Waals surface area contributed by atoms with Crippen LogP contribution in [0.3, 0.4) is 0 Å². The van der Waals surface area contributed by atoms with Crippen LogP contribution in [0.5, 0.6) is 0 Å². The second-order valence-electron chi connectivity index (χ2n) is 5.90. The number of anilines is 2. The molecule has 1 aromatic carbocycles. The second kappa shape index (κ2) is 7.55. The Balaban J connectivity index is 2.02. The zero-order valence-electron chi connectivity index (χ0n) is 12.9. The number of rotatable bonds is 5. The molecule has 0 aromatic heterocycles. The van der Waals surface area contributed by atoms with Gasteiger partial charge in [0.2, 0.25) is 5.91 Å². The summed E-state index contributed by atoms with van der Waals surface area (Å²) >= 11 is 0. The highest BCUT2D eigenvalue weighted by Gasteiger charge is 2.31. The molecule has 8 heteroatoms. The maximum absolute atomic E-state index is 12.3. The zero-order valence-corrected chi connectivity index (χ0v) is 12.9. The van der Waals surface area contributed by atoms with E-state index in [1.165, 1.54) is 12.1 Å². The first-order valence-electron chi connectivity index (χ1n) is 7.69. The topological polar surface area (TPSA) is 78.4 Å². The molecule has 2 atom stereocenters. The molecule has 5 nitrogen and oxygen atoms in total. The lowest BCUT2D eigenvalue weighted by atomic mass is 9.81. The summed E-state index contributed by atoms with van der Waals surface area (Å²) in [5.41, 5.74) is 0.429. The van der Waals surface area contributed by atoms with Crippen molar-refractivity contribution in [2.45, 2.75) is 31.9 Å². The number of carbonyl (C=O) groups is 2. The largest absolute Gasteiger partial charge is 0.481 e. The van der Waals surface area contributed by atoms with E-state index in [0.29, 0.717) is 19.3 Å². The number of amides is 1. The fraction of sp³-hybridized carbons (Fsp3) is 0.500. The van der Waals surface area contributed by atoms with Crippen molar-refractivity contribution in [3.05, 3.63) is 24.3 Å². The third-order valence-corrected chi connectivity index (χ3v) is 4.06. The van der Waals surface area contributed by atoms with Crippen LogP contribution in [-0.2, 0) is 9.59 Å². The summed E-state index contributed by atoms with van der Waals surface area (Å²) in [5.74, 6) is -2.27. The number of aliphatic carboxylic acids is 1. The van der Waals surface area contributed by atoms with Crippen LogP contribution in [0.4, 0.5) is 24.5 Å². The third kappa shape index (κ3) is 5.14. The number of halogens is 3. The van der Waals surface area contributed by atoms with Crippen molar-refractivity contribution in [3.8, 4) is 0 Å². The van der Waals surface area contributed by atoms with E-state index in [0.717, 1.165) is 0 Å². The van der Waals surface area contributed by atoms with Crippen molar-refractivity contribution in [3.63, 3.8) is 0 Å². The lowest BCUT2D eigenvalue weighted by Crippen LogP contribution is -2.31. The molecule has 1 aromatic rings. The Hall–Kier alpha value is -2.25. The van der Waals surface area contributed by atoms with Gasteiger partial charge < -0.3 is 15.7 Å². The molecule has 0 heterocycles. The molecule has 0 spiro atoms. The quantitative estimate of drug-likeness (QED) is 0.764. The summed E-state index contributed by atoms with van der Waals surface area (Å²) in [7, 11) is 0. The summed E-state index contributed by atoms with van der Waals surface area (Å²) < 4.78 is 37.0. The van der Waals surface area contributed by atoms with Crippen molar-refractivity contribution < 1.29 is 27.9 Å². The van der Waals surface area contributed by atoms with Crippen LogP contribution < -0.4 is 10.6 Å². The molecule has 0 bridgehead atoms. The molecule has 1 saturated carbocycles. The Morgan fingerprint density at radius 1 is 1.12 bits per heavy atom. The van der Waals surface area contributed by atoms with Crippen LogP contribution in [0.2, 0.25) is 0 Å². The number of alkyl halides is 3. The van der Waals surface area contributed by atoms with E-state index >= 15 is 0 Å². The minimum atomic E-state index is -4.37. The van der Waals surface area contributed by atoms with Crippen LogP contribution in [-0.4, -0.2) is 29.7 Å². The van der Waals surface area contributed by atoms with Crippen molar-refractivity contribution in [1.29, 1.82) is 0 Å². The molecule has 1 aliphatic carbocycles. The van der Waals surface area contributed by atoms with Gasteiger partial charge in [-0.3, -0.25) is 9.59 Å². The lowest BCUT2D eigenvalue weighted by Gasteiger charge is -2.26. The van der Waals surface area contributed by atoms with Crippen LogP contribution in [0, 0.1) is 11.8 Å². The second-order valence-corrected chi connectivity index (χ2v) is 5.90. The highest BCUT2D eigenvalue weighted by Crippen LogP contribution is 2.31. The van der Waals surface area contributed by atoms with Gasteiger partial charge in [0.15, 0.2) is 0 Å². The summed E-state index contributed by atoms with van der Waals surface area (Å²) in [5, 5.41) is 13.9. The Morgan fingerprint density at radius 2 is 1.75 bits per heavy atom. The molecule has 1 amide bonds. The van der Waals surface area contributed by atoms with Crippen molar-refractivity contribution in [2.75, 3.05) is 17.2 Å². The average molecular weight is 344 g/mol. The molecule has 132 valence electrons. The molecule has 3 N–H and O–H groups in total. The normalized spacial score (nSPS) is 21.1. The smallest absolute Gasteiger partial charge is 0.405 e. The van der Waals surface area contributed by atoms with Crippen molar-refractivity contribution in [2.24, 2.45) is 11.8 Å². The monoisotopic (exact) mass is 344 g/mol. The lowest BCUT2D eigenvalue weighted by molar-refractivity contribution is -0.143. The number of nitrogens with one attached hydrogen (secondary N) is 2. The van der Waals surface area contributed by atoms with Crippen LogP contribution in [0.15, 0.2) is 24.3 Å². The number of para-hydroxylation sites is 2. The number of hydrogen-bond acceptors (Lipinski definition) is 3. The molecule has 2 rings (SSSR count). The third-order valence-electron chi connectivity index (χ3n) is 4.06. The Kier molecular flexibility index (Phi) is 5.69. The Morgan fingerprint density at radius 3 is 2.38 bits per heavy atom. The highest BCUT2D eigenvalue weighted by molar-refractivity contribution is 5.96. The maximum Gasteiger partial charge on any atom is 0.405 e. The molecule has 24 heavy (non-hydrogen) atoms. The number of carboxylic acid groups (broad SMARTS) is 1. The van der Waals surface area contributed by atoms with Gasteiger partial charge in [-0.1, -0.05) is 18.6 Å². The summed E-state index contributed by atoms with van der Waals surface area (Å²) in [6, 6.07) is 6.13. The van der Waals surface area contributed by atoms with Gasteiger partial charge in [-0.25, -0.2) is 0 Å². The van der Waals surface area contributed by atoms with Crippen molar-refractivity contribution in [1.82, 2.24) is 0 Å². The molecule has 1 aliphatic rings. The van der Waals surface area contributed by atoms with E-state index in [9.17, 15) is 22.8 Å². The summed E-state index contributed by atoms with van der Waals surface area (Å²) in [4.78, 5) is 23.4. The molecule has 1 fully saturated rings. The molecule has 0 saturated heterocycles. The minimum absolute atomic E-state index is 0.175. The van der Waals surface area contributed by atoms with Gasteiger partial charge in [-0.2, -0.15) is 13.2 Å². The van der Waals surface area contributed by atoms with Crippen LogP contribution in [0.1, 0.15) is 25.7 Å². The molecular formula is C16H19F3N2O3. The average Bonchev–Trinajstić information content (AvgIpc) is 2.53. The fourth-order valence-electron chi connectivity index (χ4n) is 2.83.